The molecule has 1 amide bonds. The van der Waals surface area contributed by atoms with Gasteiger partial charge in [-0.15, -0.1) is 0 Å². The monoisotopic (exact) mass is 389 g/mol. The quantitative estimate of drug-likeness (QED) is 0.574. The van der Waals surface area contributed by atoms with E-state index in [4.69, 9.17) is 21.1 Å². The van der Waals surface area contributed by atoms with Gasteiger partial charge in [-0.05, 0) is 69.3 Å². The summed E-state index contributed by atoms with van der Waals surface area (Å²) in [5.41, 5.74) is -0.240. The SMILES string of the molecule is CC(=O)c1ccc(NC(=O)COC(=O)C(C)(C)Oc2ccc(Cl)cc2)cc1. The molecule has 0 bridgehead atoms. The molecule has 142 valence electrons. The van der Waals surface area contributed by atoms with Gasteiger partial charge in [0.2, 0.25) is 0 Å². The number of esters is 1. The van der Waals surface area contributed by atoms with Crippen LogP contribution in [0.5, 0.6) is 5.75 Å². The highest BCUT2D eigenvalue weighted by atomic mass is 35.5. The lowest BCUT2D eigenvalue weighted by atomic mass is 10.1. The standard InChI is InChI=1S/C20H20ClNO5/c1-13(23)14-4-8-16(9-5-14)22-18(24)12-26-19(25)20(2,3)27-17-10-6-15(21)7-11-17/h4-11H,12H2,1-3H3,(H,22,24). The molecule has 7 heteroatoms. The van der Waals surface area contributed by atoms with Gasteiger partial charge >= 0.3 is 5.97 Å². The number of carbonyl (C=O) groups excluding carboxylic acids is 3. The van der Waals surface area contributed by atoms with Crippen LogP contribution in [-0.4, -0.2) is 29.9 Å². The van der Waals surface area contributed by atoms with E-state index in [0.29, 0.717) is 22.0 Å². The zero-order valence-electron chi connectivity index (χ0n) is 15.2. The molecular weight excluding hydrogens is 370 g/mol. The minimum Gasteiger partial charge on any atom is -0.476 e. The van der Waals surface area contributed by atoms with Crippen LogP contribution in [0.2, 0.25) is 5.02 Å². The predicted octanol–water partition coefficient (Wildman–Crippen LogP) is 3.88. The Labute approximate surface area is 162 Å². The zero-order valence-corrected chi connectivity index (χ0v) is 16.0. The van der Waals surface area contributed by atoms with Crippen molar-refractivity contribution in [1.29, 1.82) is 0 Å². The molecule has 0 aliphatic rings. The van der Waals surface area contributed by atoms with Gasteiger partial charge in [-0.3, -0.25) is 9.59 Å². The highest BCUT2D eigenvalue weighted by molar-refractivity contribution is 6.30. The maximum absolute atomic E-state index is 12.2. The van der Waals surface area contributed by atoms with Gasteiger partial charge in [-0.1, -0.05) is 11.6 Å². The molecule has 0 saturated carbocycles. The molecule has 1 N–H and O–H groups in total. The third kappa shape index (κ3) is 6.11. The van der Waals surface area contributed by atoms with E-state index in [-0.39, 0.29) is 5.78 Å². The van der Waals surface area contributed by atoms with E-state index in [1.165, 1.54) is 6.92 Å². The first kappa shape index (κ1) is 20.5. The first-order chi connectivity index (χ1) is 12.7. The number of Topliss-reactive ketones (excluding diaryl/α,β-unsaturated/α-hetero) is 1. The van der Waals surface area contributed by atoms with Crippen molar-refractivity contribution in [1.82, 2.24) is 0 Å². The van der Waals surface area contributed by atoms with Crippen LogP contribution < -0.4 is 10.1 Å². The number of halogens is 1. The molecule has 6 nitrogen and oxygen atoms in total. The number of ether oxygens (including phenoxy) is 2. The molecular formula is C20H20ClNO5. The molecule has 0 radical (unpaired) electrons. The van der Waals surface area contributed by atoms with Crippen molar-refractivity contribution >= 4 is 34.9 Å². The van der Waals surface area contributed by atoms with E-state index in [2.05, 4.69) is 5.32 Å². The van der Waals surface area contributed by atoms with E-state index < -0.39 is 24.1 Å². The Bertz CT molecular complexity index is 828. The molecule has 2 rings (SSSR count). The van der Waals surface area contributed by atoms with Crippen LogP contribution in [-0.2, 0) is 14.3 Å². The molecule has 0 fully saturated rings. The summed E-state index contributed by atoms with van der Waals surface area (Å²) < 4.78 is 10.7. The summed E-state index contributed by atoms with van der Waals surface area (Å²) in [6.45, 7) is 4.09. The minimum atomic E-state index is -1.28. The van der Waals surface area contributed by atoms with Crippen LogP contribution in [0.25, 0.3) is 0 Å². The first-order valence-corrected chi connectivity index (χ1v) is 8.58. The van der Waals surface area contributed by atoms with Gasteiger partial charge in [-0.2, -0.15) is 0 Å². The van der Waals surface area contributed by atoms with Crippen molar-refractivity contribution in [3.8, 4) is 5.75 Å². The maximum Gasteiger partial charge on any atom is 0.350 e. The number of anilines is 1. The Hall–Kier alpha value is -2.86. The summed E-state index contributed by atoms with van der Waals surface area (Å²) in [4.78, 5) is 35.4. The topological polar surface area (TPSA) is 81.7 Å². The summed E-state index contributed by atoms with van der Waals surface area (Å²) in [7, 11) is 0. The number of hydrogen-bond acceptors (Lipinski definition) is 5. The Morgan fingerprint density at radius 3 is 2.15 bits per heavy atom. The molecule has 0 unspecified atom stereocenters. The van der Waals surface area contributed by atoms with Gasteiger partial charge in [0.25, 0.3) is 5.91 Å². The van der Waals surface area contributed by atoms with Crippen LogP contribution in [0.1, 0.15) is 31.1 Å². The molecule has 2 aromatic carbocycles. The minimum absolute atomic E-state index is 0.0651. The predicted molar refractivity (Wildman–Crippen MR) is 102 cm³/mol. The summed E-state index contributed by atoms with van der Waals surface area (Å²) in [5.74, 6) is -0.790. The highest BCUT2D eigenvalue weighted by Crippen LogP contribution is 2.21. The van der Waals surface area contributed by atoms with Crippen LogP contribution in [0.3, 0.4) is 0 Å². The number of amides is 1. The van der Waals surface area contributed by atoms with E-state index in [9.17, 15) is 14.4 Å². The molecule has 0 aliphatic carbocycles. The average Bonchev–Trinajstić information content (AvgIpc) is 2.62. The molecule has 0 aromatic heterocycles. The summed E-state index contributed by atoms with van der Waals surface area (Å²) in [6, 6.07) is 13.0. The second-order valence-electron chi connectivity index (χ2n) is 6.32. The van der Waals surface area contributed by atoms with Gasteiger partial charge in [-0.25, -0.2) is 4.79 Å². The zero-order chi connectivity index (χ0) is 20.0. The van der Waals surface area contributed by atoms with Gasteiger partial charge in [0.05, 0.1) is 0 Å². The lowest BCUT2D eigenvalue weighted by Crippen LogP contribution is -2.41. The smallest absolute Gasteiger partial charge is 0.350 e. The number of hydrogen-bond donors (Lipinski definition) is 1. The fraction of sp³-hybridized carbons (Fsp3) is 0.250. The van der Waals surface area contributed by atoms with Gasteiger partial charge < -0.3 is 14.8 Å². The fourth-order valence-corrected chi connectivity index (χ4v) is 2.26. The molecule has 2 aromatic rings. The summed E-state index contributed by atoms with van der Waals surface area (Å²) in [6.07, 6.45) is 0. The molecule has 0 saturated heterocycles. The third-order valence-corrected chi connectivity index (χ3v) is 3.84. The summed E-state index contributed by atoms with van der Waals surface area (Å²) >= 11 is 5.81. The van der Waals surface area contributed by atoms with Crippen molar-refractivity contribution in [2.24, 2.45) is 0 Å². The average molecular weight is 390 g/mol. The molecule has 0 spiro atoms. The lowest BCUT2D eigenvalue weighted by Gasteiger charge is -2.24. The number of ketones is 1. The van der Waals surface area contributed by atoms with Gasteiger partial charge in [0.1, 0.15) is 5.75 Å². The van der Waals surface area contributed by atoms with Gasteiger partial charge in [0, 0.05) is 16.3 Å². The number of carbonyl (C=O) groups is 3. The fourth-order valence-electron chi connectivity index (χ4n) is 2.13. The van der Waals surface area contributed by atoms with Gasteiger partial charge in [0.15, 0.2) is 18.0 Å². The van der Waals surface area contributed by atoms with E-state index in [1.54, 1.807) is 62.4 Å². The second-order valence-corrected chi connectivity index (χ2v) is 6.76. The lowest BCUT2D eigenvalue weighted by molar-refractivity contribution is -0.161. The number of rotatable bonds is 7. The van der Waals surface area contributed by atoms with Crippen molar-refractivity contribution < 1.29 is 23.9 Å². The van der Waals surface area contributed by atoms with Crippen LogP contribution >= 0.6 is 11.6 Å². The first-order valence-electron chi connectivity index (χ1n) is 8.20. The summed E-state index contributed by atoms with van der Waals surface area (Å²) in [5, 5.41) is 3.14. The molecule has 0 heterocycles. The van der Waals surface area contributed by atoms with Crippen molar-refractivity contribution in [3.05, 3.63) is 59.1 Å². The number of benzene rings is 2. The van der Waals surface area contributed by atoms with Crippen LogP contribution in [0.15, 0.2) is 48.5 Å². The highest BCUT2D eigenvalue weighted by Gasteiger charge is 2.32. The van der Waals surface area contributed by atoms with Crippen molar-refractivity contribution in [3.63, 3.8) is 0 Å². The van der Waals surface area contributed by atoms with Crippen molar-refractivity contribution in [2.75, 3.05) is 11.9 Å². The molecule has 0 aliphatic heterocycles. The molecule has 27 heavy (non-hydrogen) atoms. The Balaban J connectivity index is 1.86. The molecule has 0 atom stereocenters. The van der Waals surface area contributed by atoms with Crippen LogP contribution in [0, 0.1) is 0 Å². The van der Waals surface area contributed by atoms with E-state index in [1.807, 2.05) is 0 Å². The largest absolute Gasteiger partial charge is 0.476 e. The third-order valence-electron chi connectivity index (χ3n) is 3.59. The maximum atomic E-state index is 12.2. The van der Waals surface area contributed by atoms with Crippen molar-refractivity contribution in [2.45, 2.75) is 26.4 Å². The van der Waals surface area contributed by atoms with Crippen LogP contribution in [0.4, 0.5) is 5.69 Å². The van der Waals surface area contributed by atoms with E-state index in [0.717, 1.165) is 0 Å². The second kappa shape index (κ2) is 8.68. The normalized spacial score (nSPS) is 10.8. The Kier molecular flexibility index (Phi) is 6.58. The Morgan fingerprint density at radius 1 is 1.00 bits per heavy atom. The van der Waals surface area contributed by atoms with E-state index >= 15 is 0 Å². The Morgan fingerprint density at radius 2 is 1.59 bits per heavy atom. The number of nitrogens with one attached hydrogen (secondary N) is 1.